The van der Waals surface area contributed by atoms with E-state index in [-0.39, 0.29) is 10.4 Å². The molecule has 6 heteroatoms. The maximum atomic E-state index is 13.0. The monoisotopic (exact) mass is 316 g/mol. The summed E-state index contributed by atoms with van der Waals surface area (Å²) in [6.45, 7) is 3.88. The van der Waals surface area contributed by atoms with Crippen LogP contribution >= 0.6 is 15.9 Å². The standard InChI is InChI=1S/C12H14BrFN2O2/c1-3-15-11(17)7(2)16-12(18)8-4-5-10(14)9(13)6-8/h4-7H,3H2,1-2H3,(H,15,17)(H,16,18). The SMILES string of the molecule is CCNC(=O)C(C)NC(=O)c1ccc(F)c(Br)c1. The zero-order chi connectivity index (χ0) is 13.7. The number of carbonyl (C=O) groups excluding carboxylic acids is 2. The Morgan fingerprint density at radius 3 is 2.67 bits per heavy atom. The van der Waals surface area contributed by atoms with Crippen molar-refractivity contribution < 1.29 is 14.0 Å². The predicted octanol–water partition coefficient (Wildman–Crippen LogP) is 1.84. The van der Waals surface area contributed by atoms with E-state index in [1.54, 1.807) is 13.8 Å². The molecule has 4 nitrogen and oxygen atoms in total. The van der Waals surface area contributed by atoms with Crippen molar-refractivity contribution in [3.05, 3.63) is 34.1 Å². The lowest BCUT2D eigenvalue weighted by atomic mass is 10.2. The van der Waals surface area contributed by atoms with Gasteiger partial charge in [-0.05, 0) is 48.0 Å². The Morgan fingerprint density at radius 1 is 1.44 bits per heavy atom. The molecule has 0 saturated carbocycles. The maximum absolute atomic E-state index is 13.0. The smallest absolute Gasteiger partial charge is 0.251 e. The van der Waals surface area contributed by atoms with Crippen LogP contribution in [0.4, 0.5) is 4.39 Å². The summed E-state index contributed by atoms with van der Waals surface area (Å²) in [5.74, 6) is -1.12. The van der Waals surface area contributed by atoms with Gasteiger partial charge in [-0.2, -0.15) is 0 Å². The van der Waals surface area contributed by atoms with Crippen LogP contribution in [0, 0.1) is 5.82 Å². The maximum Gasteiger partial charge on any atom is 0.251 e. The largest absolute Gasteiger partial charge is 0.355 e. The molecule has 0 fully saturated rings. The third-order valence-corrected chi connectivity index (χ3v) is 2.88. The number of rotatable bonds is 4. The van der Waals surface area contributed by atoms with E-state index < -0.39 is 17.8 Å². The first-order valence-electron chi connectivity index (χ1n) is 5.49. The van der Waals surface area contributed by atoms with Gasteiger partial charge >= 0.3 is 0 Å². The Labute approximate surface area is 113 Å². The Balaban J connectivity index is 2.70. The van der Waals surface area contributed by atoms with Crippen LogP contribution in [0.5, 0.6) is 0 Å². The molecule has 0 bridgehead atoms. The van der Waals surface area contributed by atoms with Crippen LogP contribution < -0.4 is 10.6 Å². The summed E-state index contributed by atoms with van der Waals surface area (Å²) in [6, 6.07) is 3.28. The van der Waals surface area contributed by atoms with Gasteiger partial charge in [-0.15, -0.1) is 0 Å². The summed E-state index contributed by atoms with van der Waals surface area (Å²) in [4.78, 5) is 23.2. The van der Waals surface area contributed by atoms with Gasteiger partial charge in [0.15, 0.2) is 0 Å². The van der Waals surface area contributed by atoms with Crippen molar-refractivity contribution in [2.45, 2.75) is 19.9 Å². The number of halogens is 2. The average molecular weight is 317 g/mol. The highest BCUT2D eigenvalue weighted by atomic mass is 79.9. The molecule has 0 aromatic heterocycles. The van der Waals surface area contributed by atoms with Gasteiger partial charge in [-0.25, -0.2) is 4.39 Å². The fourth-order valence-corrected chi connectivity index (χ4v) is 1.69. The van der Waals surface area contributed by atoms with Gasteiger partial charge in [0.05, 0.1) is 4.47 Å². The fourth-order valence-electron chi connectivity index (χ4n) is 1.31. The lowest BCUT2D eigenvalue weighted by Gasteiger charge is -2.13. The van der Waals surface area contributed by atoms with Crippen molar-refractivity contribution in [2.75, 3.05) is 6.54 Å². The molecule has 0 aliphatic rings. The van der Waals surface area contributed by atoms with Crippen LogP contribution in [0.15, 0.2) is 22.7 Å². The molecule has 0 spiro atoms. The average Bonchev–Trinajstić information content (AvgIpc) is 2.32. The molecule has 18 heavy (non-hydrogen) atoms. The van der Waals surface area contributed by atoms with E-state index in [1.165, 1.54) is 18.2 Å². The molecular weight excluding hydrogens is 303 g/mol. The first kappa shape index (κ1) is 14.6. The summed E-state index contributed by atoms with van der Waals surface area (Å²) < 4.78 is 13.2. The Bertz CT molecular complexity index is 465. The van der Waals surface area contributed by atoms with Gasteiger partial charge in [0.1, 0.15) is 11.9 Å². The van der Waals surface area contributed by atoms with Crippen LogP contribution in [0.25, 0.3) is 0 Å². The minimum absolute atomic E-state index is 0.209. The molecule has 2 N–H and O–H groups in total. The number of carbonyl (C=O) groups is 2. The van der Waals surface area contributed by atoms with E-state index in [0.29, 0.717) is 12.1 Å². The highest BCUT2D eigenvalue weighted by molar-refractivity contribution is 9.10. The summed E-state index contributed by atoms with van der Waals surface area (Å²) in [5, 5.41) is 5.13. The Kier molecular flexibility index (Phi) is 5.27. The topological polar surface area (TPSA) is 58.2 Å². The molecule has 1 rings (SSSR count). The summed E-state index contributed by atoms with van der Waals surface area (Å²) in [6.07, 6.45) is 0. The van der Waals surface area contributed by atoms with Gasteiger partial charge in [-0.1, -0.05) is 0 Å². The summed E-state index contributed by atoms with van der Waals surface area (Å²) in [5.41, 5.74) is 0.291. The molecule has 0 aliphatic carbocycles. The van der Waals surface area contributed by atoms with E-state index in [1.807, 2.05) is 0 Å². The molecule has 2 amide bonds. The molecule has 98 valence electrons. The molecule has 0 aliphatic heterocycles. The quantitative estimate of drug-likeness (QED) is 0.890. The number of likely N-dealkylation sites (N-methyl/N-ethyl adjacent to an activating group) is 1. The minimum Gasteiger partial charge on any atom is -0.355 e. The van der Waals surface area contributed by atoms with E-state index in [4.69, 9.17) is 0 Å². The van der Waals surface area contributed by atoms with E-state index in [2.05, 4.69) is 26.6 Å². The van der Waals surface area contributed by atoms with Crippen molar-refractivity contribution in [3.63, 3.8) is 0 Å². The number of nitrogens with one attached hydrogen (secondary N) is 2. The molecular formula is C12H14BrFN2O2. The number of benzene rings is 1. The lowest BCUT2D eigenvalue weighted by Crippen LogP contribution is -2.44. The highest BCUT2D eigenvalue weighted by Gasteiger charge is 2.16. The van der Waals surface area contributed by atoms with E-state index in [9.17, 15) is 14.0 Å². The first-order chi connectivity index (χ1) is 8.45. The van der Waals surface area contributed by atoms with E-state index >= 15 is 0 Å². The van der Waals surface area contributed by atoms with Crippen LogP contribution in [-0.2, 0) is 4.79 Å². The second-order valence-corrected chi connectivity index (χ2v) is 4.57. The van der Waals surface area contributed by atoms with Crippen molar-refractivity contribution in [1.29, 1.82) is 0 Å². The van der Waals surface area contributed by atoms with Crippen LogP contribution in [0.1, 0.15) is 24.2 Å². The normalized spacial score (nSPS) is 11.8. The van der Waals surface area contributed by atoms with Gasteiger partial charge in [-0.3, -0.25) is 9.59 Å². The highest BCUT2D eigenvalue weighted by Crippen LogP contribution is 2.16. The molecule has 1 aromatic rings. The Morgan fingerprint density at radius 2 is 2.11 bits per heavy atom. The second-order valence-electron chi connectivity index (χ2n) is 3.72. The number of hydrogen-bond donors (Lipinski definition) is 2. The Hall–Kier alpha value is -1.43. The fraction of sp³-hybridized carbons (Fsp3) is 0.333. The minimum atomic E-state index is -0.638. The molecule has 0 saturated heterocycles. The van der Waals surface area contributed by atoms with Gasteiger partial charge in [0.2, 0.25) is 5.91 Å². The van der Waals surface area contributed by atoms with E-state index in [0.717, 1.165) is 0 Å². The second kappa shape index (κ2) is 6.49. The zero-order valence-electron chi connectivity index (χ0n) is 10.1. The van der Waals surface area contributed by atoms with Crippen molar-refractivity contribution in [3.8, 4) is 0 Å². The zero-order valence-corrected chi connectivity index (χ0v) is 11.7. The molecule has 0 heterocycles. The first-order valence-corrected chi connectivity index (χ1v) is 6.28. The molecule has 1 unspecified atom stereocenters. The van der Waals surface area contributed by atoms with Gasteiger partial charge in [0.25, 0.3) is 5.91 Å². The van der Waals surface area contributed by atoms with Crippen molar-refractivity contribution >= 4 is 27.7 Å². The number of amides is 2. The summed E-state index contributed by atoms with van der Waals surface area (Å²) >= 11 is 3.00. The van der Waals surface area contributed by atoms with Crippen molar-refractivity contribution in [2.24, 2.45) is 0 Å². The third kappa shape index (κ3) is 3.80. The van der Waals surface area contributed by atoms with Crippen LogP contribution in [-0.4, -0.2) is 24.4 Å². The summed E-state index contributed by atoms with van der Waals surface area (Å²) in [7, 11) is 0. The van der Waals surface area contributed by atoms with Crippen LogP contribution in [0.3, 0.4) is 0 Å². The van der Waals surface area contributed by atoms with Crippen molar-refractivity contribution in [1.82, 2.24) is 10.6 Å². The molecule has 0 radical (unpaired) electrons. The van der Waals surface area contributed by atoms with Gasteiger partial charge < -0.3 is 10.6 Å². The third-order valence-electron chi connectivity index (χ3n) is 2.27. The van der Waals surface area contributed by atoms with Crippen LogP contribution in [0.2, 0.25) is 0 Å². The molecule has 1 atom stereocenters. The number of hydrogen-bond acceptors (Lipinski definition) is 2. The van der Waals surface area contributed by atoms with Gasteiger partial charge in [0, 0.05) is 12.1 Å². The molecule has 1 aromatic carbocycles. The lowest BCUT2D eigenvalue weighted by molar-refractivity contribution is -0.122. The predicted molar refractivity (Wildman–Crippen MR) is 69.7 cm³/mol.